The Morgan fingerprint density at radius 2 is 1.95 bits per heavy atom. The summed E-state index contributed by atoms with van der Waals surface area (Å²) in [6.07, 6.45) is 7.81. The van der Waals surface area contributed by atoms with E-state index in [-0.39, 0.29) is 23.1 Å². The third-order valence-corrected chi connectivity index (χ3v) is 7.91. The lowest BCUT2D eigenvalue weighted by Gasteiger charge is -2.16. The van der Waals surface area contributed by atoms with Crippen molar-refractivity contribution in [2.24, 2.45) is 5.92 Å². The Balaban J connectivity index is 1.27. The lowest BCUT2D eigenvalue weighted by molar-refractivity contribution is 0.282. The summed E-state index contributed by atoms with van der Waals surface area (Å²) in [4.78, 5) is 26.6. The van der Waals surface area contributed by atoms with Gasteiger partial charge in [-0.2, -0.15) is 20.2 Å². The normalized spacial score (nSPS) is 14.7. The molecule has 0 amide bonds. The number of pyridine rings is 1. The Hall–Kier alpha value is -5.08. The van der Waals surface area contributed by atoms with Crippen molar-refractivity contribution in [1.82, 2.24) is 24.1 Å². The summed E-state index contributed by atoms with van der Waals surface area (Å²) in [5.74, 6) is 0.687. The number of rotatable bonds is 8. The number of halogens is 1. The first kappa shape index (κ1) is 25.9. The molecule has 2 saturated carbocycles. The Bertz CT molecular complexity index is 1970. The second kappa shape index (κ2) is 10.1. The summed E-state index contributed by atoms with van der Waals surface area (Å²) < 4.78 is 18.4. The van der Waals surface area contributed by atoms with Crippen LogP contribution >= 0.6 is 0 Å². The highest BCUT2D eigenvalue weighted by Crippen LogP contribution is 2.41. The number of fused-ring (bicyclic) bond motifs is 1. The largest absolute Gasteiger partial charge is 0.392 e. The molecule has 2 aliphatic carbocycles. The molecule has 11 heteroatoms. The minimum absolute atomic E-state index is 0.00237. The first-order valence-corrected chi connectivity index (χ1v) is 13.9. The average molecular weight is 563 g/mol. The first-order chi connectivity index (χ1) is 20.4. The number of aliphatic hydroxyl groups excluding tert-OH is 1. The van der Waals surface area contributed by atoms with E-state index >= 15 is 4.39 Å². The van der Waals surface area contributed by atoms with Gasteiger partial charge in [0.1, 0.15) is 17.6 Å². The maximum absolute atomic E-state index is 15.2. The van der Waals surface area contributed by atoms with Crippen molar-refractivity contribution in [2.45, 2.75) is 44.8 Å². The van der Waals surface area contributed by atoms with Crippen molar-refractivity contribution in [3.05, 3.63) is 87.9 Å². The maximum Gasteiger partial charge on any atom is 0.265 e. The molecule has 3 aromatic heterocycles. The summed E-state index contributed by atoms with van der Waals surface area (Å²) in [5.41, 5.74) is 8.78. The number of nitrogens with zero attached hydrogens (tertiary/aromatic N) is 6. The number of nitrogen functional groups attached to an aromatic ring is 1. The molecule has 0 radical (unpaired) electrons. The molecule has 3 heterocycles. The zero-order valence-corrected chi connectivity index (χ0v) is 22.6. The molecule has 2 aromatic carbocycles. The Labute approximate surface area is 239 Å². The summed E-state index contributed by atoms with van der Waals surface area (Å²) in [6, 6.07) is 14.1. The molecule has 2 fully saturated rings. The first-order valence-electron chi connectivity index (χ1n) is 13.9. The standard InChI is InChI=1S/C31H27FN8O2/c32-25-11-20(18-6-7-18)10-19-8-9-40(29(42)27(19)25)26-3-1-2-23(24(26)16-41)28-36-30(34)38-31(37-28)35-21-12-22(13-33)39(15-21)14-17-4-5-17/h1-3,8-12,15,17-18,41H,4-7,14,16H2,(H3,34,35,36,37,38). The molecule has 0 atom stereocenters. The fraction of sp³-hybridized carbons (Fsp3) is 0.258. The van der Waals surface area contributed by atoms with E-state index in [1.807, 2.05) is 16.8 Å². The molecule has 5 aromatic rings. The number of anilines is 3. The van der Waals surface area contributed by atoms with Crippen LogP contribution in [0.3, 0.4) is 0 Å². The van der Waals surface area contributed by atoms with E-state index in [1.54, 1.807) is 36.5 Å². The predicted molar refractivity (Wildman–Crippen MR) is 156 cm³/mol. The van der Waals surface area contributed by atoms with Gasteiger partial charge in [0.05, 0.1) is 23.4 Å². The van der Waals surface area contributed by atoms with Crippen molar-refractivity contribution in [3.8, 4) is 23.1 Å². The second-order valence-corrected chi connectivity index (χ2v) is 11.0. The van der Waals surface area contributed by atoms with Crippen molar-refractivity contribution in [2.75, 3.05) is 11.1 Å². The molecule has 210 valence electrons. The lowest BCUT2D eigenvalue weighted by Crippen LogP contribution is -2.20. The second-order valence-electron chi connectivity index (χ2n) is 11.0. The molecule has 0 spiro atoms. The highest BCUT2D eigenvalue weighted by molar-refractivity contribution is 5.83. The van der Waals surface area contributed by atoms with Crippen LogP contribution in [0.5, 0.6) is 0 Å². The zero-order valence-electron chi connectivity index (χ0n) is 22.6. The van der Waals surface area contributed by atoms with Crippen molar-refractivity contribution in [1.29, 1.82) is 5.26 Å². The van der Waals surface area contributed by atoms with Crippen LogP contribution in [0, 0.1) is 23.1 Å². The van der Waals surface area contributed by atoms with Gasteiger partial charge >= 0.3 is 0 Å². The van der Waals surface area contributed by atoms with Crippen LogP contribution in [0.1, 0.15) is 48.4 Å². The van der Waals surface area contributed by atoms with E-state index in [1.165, 1.54) is 10.6 Å². The third-order valence-electron chi connectivity index (χ3n) is 7.91. The number of hydrogen-bond acceptors (Lipinski definition) is 8. The number of nitriles is 1. The monoisotopic (exact) mass is 562 g/mol. The van der Waals surface area contributed by atoms with Crippen molar-refractivity contribution in [3.63, 3.8) is 0 Å². The number of nitrogens with two attached hydrogens (primary N) is 1. The SMILES string of the molecule is N#Cc1cc(Nc2nc(N)nc(-c3cccc(-n4ccc5cc(C6CC6)cc(F)c5c4=O)c3CO)n2)cn1CC1CC1. The van der Waals surface area contributed by atoms with Crippen LogP contribution in [0.25, 0.3) is 27.8 Å². The number of aromatic nitrogens is 5. The van der Waals surface area contributed by atoms with Gasteiger partial charge in [-0.1, -0.05) is 18.2 Å². The Morgan fingerprint density at radius 3 is 2.69 bits per heavy atom. The van der Waals surface area contributed by atoms with Gasteiger partial charge in [0.15, 0.2) is 5.82 Å². The Morgan fingerprint density at radius 1 is 1.12 bits per heavy atom. The number of hydrogen-bond donors (Lipinski definition) is 3. The number of aliphatic hydroxyl groups is 1. The fourth-order valence-corrected chi connectivity index (χ4v) is 5.47. The maximum atomic E-state index is 15.2. The topological polar surface area (TPSA) is 148 Å². The van der Waals surface area contributed by atoms with Gasteiger partial charge in [-0.15, -0.1) is 0 Å². The van der Waals surface area contributed by atoms with Crippen LogP contribution in [-0.2, 0) is 13.2 Å². The van der Waals surface area contributed by atoms with Crippen molar-refractivity contribution < 1.29 is 9.50 Å². The highest BCUT2D eigenvalue weighted by atomic mass is 19.1. The van der Waals surface area contributed by atoms with Crippen LogP contribution < -0.4 is 16.6 Å². The Kier molecular flexibility index (Phi) is 6.21. The zero-order chi connectivity index (χ0) is 29.0. The smallest absolute Gasteiger partial charge is 0.265 e. The third kappa shape index (κ3) is 4.76. The van der Waals surface area contributed by atoms with E-state index in [0.717, 1.165) is 37.8 Å². The molecule has 7 rings (SSSR count). The van der Waals surface area contributed by atoms with E-state index in [0.29, 0.717) is 45.4 Å². The number of nitrogens with one attached hydrogen (secondary N) is 1. The van der Waals surface area contributed by atoms with Crippen LogP contribution in [0.15, 0.2) is 59.7 Å². The van der Waals surface area contributed by atoms with Gasteiger partial charge in [0, 0.05) is 30.1 Å². The molecule has 2 aliphatic rings. The number of benzene rings is 2. The molecule has 0 bridgehead atoms. The van der Waals surface area contributed by atoms with Gasteiger partial charge in [-0.05, 0) is 72.7 Å². The minimum atomic E-state index is -0.554. The lowest BCUT2D eigenvalue weighted by atomic mass is 10.0. The van der Waals surface area contributed by atoms with Gasteiger partial charge in [-0.25, -0.2) is 4.39 Å². The van der Waals surface area contributed by atoms with Gasteiger partial charge < -0.3 is 20.7 Å². The molecule has 0 saturated heterocycles. The van der Waals surface area contributed by atoms with Crippen LogP contribution in [0.2, 0.25) is 0 Å². The molecule has 0 aliphatic heterocycles. The highest BCUT2D eigenvalue weighted by Gasteiger charge is 2.26. The molecule has 42 heavy (non-hydrogen) atoms. The van der Waals surface area contributed by atoms with Gasteiger partial charge in [-0.3, -0.25) is 9.36 Å². The fourth-order valence-electron chi connectivity index (χ4n) is 5.47. The van der Waals surface area contributed by atoms with Gasteiger partial charge in [0.25, 0.3) is 5.56 Å². The van der Waals surface area contributed by atoms with E-state index < -0.39 is 18.0 Å². The quantitative estimate of drug-likeness (QED) is 0.245. The molecule has 10 nitrogen and oxygen atoms in total. The molecule has 0 unspecified atom stereocenters. The molecular formula is C31H27FN8O2. The van der Waals surface area contributed by atoms with E-state index in [9.17, 15) is 15.2 Å². The van der Waals surface area contributed by atoms with E-state index in [4.69, 9.17) is 5.73 Å². The van der Waals surface area contributed by atoms with Gasteiger partial charge in [0.2, 0.25) is 11.9 Å². The average Bonchev–Trinajstić information content (AvgIpc) is 3.91. The summed E-state index contributed by atoms with van der Waals surface area (Å²) in [7, 11) is 0. The van der Waals surface area contributed by atoms with Crippen LogP contribution in [-0.4, -0.2) is 29.2 Å². The van der Waals surface area contributed by atoms with E-state index in [2.05, 4.69) is 26.3 Å². The minimum Gasteiger partial charge on any atom is -0.392 e. The molecule has 4 N–H and O–H groups in total. The predicted octanol–water partition coefficient (Wildman–Crippen LogP) is 4.76. The summed E-state index contributed by atoms with van der Waals surface area (Å²) in [5, 5.41) is 23.7. The molecular weight excluding hydrogens is 535 g/mol. The summed E-state index contributed by atoms with van der Waals surface area (Å²) >= 11 is 0. The van der Waals surface area contributed by atoms with Crippen LogP contribution in [0.4, 0.5) is 22.0 Å². The van der Waals surface area contributed by atoms with Crippen molar-refractivity contribution >= 4 is 28.4 Å². The summed E-state index contributed by atoms with van der Waals surface area (Å²) in [6.45, 7) is 0.338.